The van der Waals surface area contributed by atoms with Crippen molar-refractivity contribution in [3.63, 3.8) is 0 Å². The molecule has 148 valence electrons. The first kappa shape index (κ1) is 19.7. The average Bonchev–Trinajstić information content (AvgIpc) is 2.74. The smallest absolute Gasteiger partial charge is 0.253 e. The van der Waals surface area contributed by atoms with Gasteiger partial charge in [0.2, 0.25) is 5.91 Å². The lowest BCUT2D eigenvalue weighted by Gasteiger charge is -2.35. The number of carbonyl (C=O) groups excluding carboxylic acids is 2. The molecule has 0 radical (unpaired) electrons. The van der Waals surface area contributed by atoms with E-state index in [1.165, 1.54) is 0 Å². The zero-order valence-electron chi connectivity index (χ0n) is 16.2. The van der Waals surface area contributed by atoms with Gasteiger partial charge in [-0.2, -0.15) is 0 Å². The molecule has 0 saturated carbocycles. The number of nitrogens with zero attached hydrogens (tertiary/aromatic N) is 2. The van der Waals surface area contributed by atoms with Crippen molar-refractivity contribution >= 4 is 11.8 Å². The van der Waals surface area contributed by atoms with Crippen LogP contribution in [0.5, 0.6) is 5.75 Å². The van der Waals surface area contributed by atoms with Crippen molar-refractivity contribution in [2.75, 3.05) is 46.0 Å². The van der Waals surface area contributed by atoms with Crippen molar-refractivity contribution in [1.29, 1.82) is 0 Å². The molecule has 27 heavy (non-hydrogen) atoms. The van der Waals surface area contributed by atoms with Gasteiger partial charge in [-0.1, -0.05) is 13.3 Å². The number of piperidine rings is 1. The van der Waals surface area contributed by atoms with Gasteiger partial charge < -0.3 is 19.3 Å². The number of ether oxygens (including phenoxy) is 2. The van der Waals surface area contributed by atoms with Gasteiger partial charge in [-0.05, 0) is 43.5 Å². The summed E-state index contributed by atoms with van der Waals surface area (Å²) in [5.74, 6) is 1.09. The Kier molecular flexibility index (Phi) is 7.10. The third kappa shape index (κ3) is 5.22. The molecule has 0 atom stereocenters. The third-order valence-electron chi connectivity index (χ3n) is 5.32. The second-order valence-electron chi connectivity index (χ2n) is 7.23. The van der Waals surface area contributed by atoms with Crippen LogP contribution >= 0.6 is 0 Å². The van der Waals surface area contributed by atoms with Crippen molar-refractivity contribution in [2.45, 2.75) is 32.6 Å². The van der Waals surface area contributed by atoms with E-state index in [1.807, 2.05) is 34.1 Å². The molecule has 2 amide bonds. The van der Waals surface area contributed by atoms with Crippen molar-refractivity contribution in [1.82, 2.24) is 9.80 Å². The highest BCUT2D eigenvalue weighted by molar-refractivity contribution is 5.94. The van der Waals surface area contributed by atoms with Gasteiger partial charge in [-0.15, -0.1) is 0 Å². The maximum atomic E-state index is 12.7. The molecule has 1 aromatic carbocycles. The van der Waals surface area contributed by atoms with E-state index < -0.39 is 0 Å². The zero-order valence-corrected chi connectivity index (χ0v) is 16.2. The van der Waals surface area contributed by atoms with Crippen LogP contribution in [-0.4, -0.2) is 67.6 Å². The average molecular weight is 374 g/mol. The predicted molar refractivity (Wildman–Crippen MR) is 103 cm³/mol. The van der Waals surface area contributed by atoms with Crippen LogP contribution in [-0.2, 0) is 9.53 Å². The van der Waals surface area contributed by atoms with Crippen LogP contribution in [0.1, 0.15) is 43.0 Å². The van der Waals surface area contributed by atoms with E-state index >= 15 is 0 Å². The molecule has 2 heterocycles. The van der Waals surface area contributed by atoms with E-state index in [2.05, 4.69) is 6.92 Å². The van der Waals surface area contributed by atoms with E-state index in [1.54, 1.807) is 0 Å². The standard InChI is InChI=1S/C21H30N2O4/c1-2-3-14-27-19-6-4-17(5-7-19)20(24)22-10-8-18(9-11-22)21(25)23-12-15-26-16-13-23/h4-7,18H,2-3,8-16H2,1H3. The van der Waals surface area contributed by atoms with E-state index in [4.69, 9.17) is 9.47 Å². The number of benzene rings is 1. The molecule has 2 fully saturated rings. The van der Waals surface area contributed by atoms with Crippen molar-refractivity contribution in [3.05, 3.63) is 29.8 Å². The molecule has 2 aliphatic heterocycles. The number of hydrogen-bond donors (Lipinski definition) is 0. The minimum atomic E-state index is 0.0292. The molecular formula is C21H30N2O4. The number of morpholine rings is 1. The molecule has 6 heteroatoms. The number of carbonyl (C=O) groups is 2. The van der Waals surface area contributed by atoms with Gasteiger partial charge in [0, 0.05) is 37.7 Å². The highest BCUT2D eigenvalue weighted by Crippen LogP contribution is 2.22. The van der Waals surface area contributed by atoms with E-state index in [9.17, 15) is 9.59 Å². The number of amides is 2. The van der Waals surface area contributed by atoms with Crippen LogP contribution in [0.4, 0.5) is 0 Å². The molecule has 0 unspecified atom stereocenters. The summed E-state index contributed by atoms with van der Waals surface area (Å²) in [5.41, 5.74) is 0.677. The molecule has 0 spiro atoms. The van der Waals surface area contributed by atoms with E-state index in [0.717, 1.165) is 31.4 Å². The van der Waals surface area contributed by atoms with Gasteiger partial charge in [0.25, 0.3) is 5.91 Å². The van der Waals surface area contributed by atoms with Crippen LogP contribution in [0, 0.1) is 5.92 Å². The van der Waals surface area contributed by atoms with Crippen LogP contribution < -0.4 is 4.74 Å². The summed E-state index contributed by atoms with van der Waals surface area (Å²) in [6.07, 6.45) is 3.60. The number of unbranched alkanes of at least 4 members (excludes halogenated alkanes) is 1. The fraction of sp³-hybridized carbons (Fsp3) is 0.619. The van der Waals surface area contributed by atoms with Crippen LogP contribution in [0.2, 0.25) is 0 Å². The SMILES string of the molecule is CCCCOc1ccc(C(=O)N2CCC(C(=O)N3CCOCC3)CC2)cc1. The lowest BCUT2D eigenvalue weighted by molar-refractivity contribution is -0.141. The summed E-state index contributed by atoms with van der Waals surface area (Å²) in [6.45, 7) is 6.72. The second kappa shape index (κ2) is 9.74. The van der Waals surface area contributed by atoms with Crippen molar-refractivity contribution in [2.24, 2.45) is 5.92 Å². The third-order valence-corrected chi connectivity index (χ3v) is 5.32. The topological polar surface area (TPSA) is 59.1 Å². The Morgan fingerprint density at radius 3 is 2.33 bits per heavy atom. The molecule has 2 aliphatic rings. The van der Waals surface area contributed by atoms with Crippen molar-refractivity contribution < 1.29 is 19.1 Å². The van der Waals surface area contributed by atoms with Gasteiger partial charge >= 0.3 is 0 Å². The quantitative estimate of drug-likeness (QED) is 0.718. The lowest BCUT2D eigenvalue weighted by atomic mass is 9.94. The highest BCUT2D eigenvalue weighted by Gasteiger charge is 2.31. The Labute approximate surface area is 161 Å². The van der Waals surface area contributed by atoms with Crippen LogP contribution in [0.25, 0.3) is 0 Å². The summed E-state index contributed by atoms with van der Waals surface area (Å²) in [5, 5.41) is 0. The monoisotopic (exact) mass is 374 g/mol. The van der Waals surface area contributed by atoms with Gasteiger partial charge in [-0.25, -0.2) is 0 Å². The fourth-order valence-electron chi connectivity index (χ4n) is 3.58. The fourth-order valence-corrected chi connectivity index (χ4v) is 3.58. The summed E-state index contributed by atoms with van der Waals surface area (Å²) in [6, 6.07) is 7.37. The molecule has 2 saturated heterocycles. The van der Waals surface area contributed by atoms with Crippen molar-refractivity contribution in [3.8, 4) is 5.75 Å². The minimum absolute atomic E-state index is 0.0292. The van der Waals surface area contributed by atoms with Gasteiger partial charge in [-0.3, -0.25) is 9.59 Å². The lowest BCUT2D eigenvalue weighted by Crippen LogP contribution is -2.47. The molecule has 3 rings (SSSR count). The molecule has 6 nitrogen and oxygen atoms in total. The summed E-state index contributed by atoms with van der Waals surface area (Å²) in [7, 11) is 0. The molecule has 0 N–H and O–H groups in total. The van der Waals surface area contributed by atoms with Gasteiger partial charge in [0.05, 0.1) is 19.8 Å². The predicted octanol–water partition coefficient (Wildman–Crippen LogP) is 2.58. The maximum Gasteiger partial charge on any atom is 0.253 e. The molecule has 0 aliphatic carbocycles. The first-order valence-electron chi connectivity index (χ1n) is 10.1. The van der Waals surface area contributed by atoms with Gasteiger partial charge in [0.1, 0.15) is 5.75 Å². The Morgan fingerprint density at radius 2 is 1.70 bits per heavy atom. The normalized spacial score (nSPS) is 18.4. The molecule has 0 aromatic heterocycles. The molecular weight excluding hydrogens is 344 g/mol. The van der Waals surface area contributed by atoms with E-state index in [0.29, 0.717) is 51.6 Å². The zero-order chi connectivity index (χ0) is 19.1. The highest BCUT2D eigenvalue weighted by atomic mass is 16.5. The Bertz CT molecular complexity index is 618. The number of rotatable bonds is 6. The summed E-state index contributed by atoms with van der Waals surface area (Å²) < 4.78 is 11.0. The largest absolute Gasteiger partial charge is 0.494 e. The number of hydrogen-bond acceptors (Lipinski definition) is 4. The molecule has 1 aromatic rings. The van der Waals surface area contributed by atoms with Gasteiger partial charge in [0.15, 0.2) is 0 Å². The van der Waals surface area contributed by atoms with Crippen LogP contribution in [0.3, 0.4) is 0 Å². The Hall–Kier alpha value is -2.08. The molecule has 0 bridgehead atoms. The first-order chi connectivity index (χ1) is 13.2. The van der Waals surface area contributed by atoms with E-state index in [-0.39, 0.29) is 17.7 Å². The second-order valence-corrected chi connectivity index (χ2v) is 7.23. The first-order valence-corrected chi connectivity index (χ1v) is 10.1. The Balaban J connectivity index is 1.48. The Morgan fingerprint density at radius 1 is 1.04 bits per heavy atom. The minimum Gasteiger partial charge on any atom is -0.494 e. The summed E-state index contributed by atoms with van der Waals surface area (Å²) >= 11 is 0. The number of likely N-dealkylation sites (tertiary alicyclic amines) is 1. The summed E-state index contributed by atoms with van der Waals surface area (Å²) in [4.78, 5) is 29.1. The maximum absolute atomic E-state index is 12.7. The van der Waals surface area contributed by atoms with Crippen LogP contribution in [0.15, 0.2) is 24.3 Å².